The standard InChI is InChI=1S/C21H23N5O3S/c1-3-26-19(16-11-7-8-12-17(16)29-2)24-25-21(26)30-14-18(27)23-20(28)22-13-15-9-5-4-6-10-15/h4-12H,3,13-14H2,1-2H3,(H2,22,23,27,28). The average molecular weight is 426 g/mol. The molecule has 9 heteroatoms. The van der Waals surface area contributed by atoms with E-state index in [2.05, 4.69) is 20.8 Å². The molecule has 0 saturated carbocycles. The maximum atomic E-state index is 12.1. The largest absolute Gasteiger partial charge is 0.496 e. The zero-order valence-corrected chi connectivity index (χ0v) is 17.6. The van der Waals surface area contributed by atoms with Gasteiger partial charge in [-0.25, -0.2) is 4.79 Å². The Balaban J connectivity index is 1.57. The Bertz CT molecular complexity index is 1010. The number of nitrogens with zero attached hydrogens (tertiary/aromatic N) is 3. The molecule has 0 atom stereocenters. The lowest BCUT2D eigenvalue weighted by molar-refractivity contribution is -0.117. The first kappa shape index (κ1) is 21.4. The van der Waals surface area contributed by atoms with Gasteiger partial charge < -0.3 is 14.6 Å². The molecule has 1 heterocycles. The van der Waals surface area contributed by atoms with Crippen LogP contribution in [0.2, 0.25) is 0 Å². The number of carbonyl (C=O) groups excluding carboxylic acids is 2. The third kappa shape index (κ3) is 5.38. The topological polar surface area (TPSA) is 98.1 Å². The van der Waals surface area contributed by atoms with Gasteiger partial charge in [-0.05, 0) is 24.6 Å². The van der Waals surface area contributed by atoms with E-state index in [1.807, 2.05) is 66.1 Å². The van der Waals surface area contributed by atoms with Gasteiger partial charge in [-0.1, -0.05) is 54.2 Å². The smallest absolute Gasteiger partial charge is 0.321 e. The number of imide groups is 1. The molecule has 0 unspecified atom stereocenters. The molecule has 0 spiro atoms. The maximum Gasteiger partial charge on any atom is 0.321 e. The second kappa shape index (κ2) is 10.4. The minimum atomic E-state index is -0.531. The van der Waals surface area contributed by atoms with E-state index >= 15 is 0 Å². The Morgan fingerprint density at radius 3 is 2.53 bits per heavy atom. The minimum absolute atomic E-state index is 0.0445. The summed E-state index contributed by atoms with van der Waals surface area (Å²) < 4.78 is 7.32. The summed E-state index contributed by atoms with van der Waals surface area (Å²) in [6.07, 6.45) is 0. The first-order valence-electron chi connectivity index (χ1n) is 9.43. The van der Waals surface area contributed by atoms with Crippen molar-refractivity contribution < 1.29 is 14.3 Å². The van der Waals surface area contributed by atoms with Crippen molar-refractivity contribution in [2.75, 3.05) is 12.9 Å². The fraction of sp³-hybridized carbons (Fsp3) is 0.238. The normalized spacial score (nSPS) is 10.5. The molecule has 156 valence electrons. The molecule has 0 aliphatic rings. The summed E-state index contributed by atoms with van der Waals surface area (Å²) >= 11 is 1.22. The molecule has 0 radical (unpaired) electrons. The number of amides is 3. The van der Waals surface area contributed by atoms with Gasteiger partial charge in [0.05, 0.1) is 18.4 Å². The summed E-state index contributed by atoms with van der Waals surface area (Å²) in [5.74, 6) is 1.00. The predicted molar refractivity (Wildman–Crippen MR) is 115 cm³/mol. The molecule has 2 N–H and O–H groups in total. The second-order valence-electron chi connectivity index (χ2n) is 6.26. The van der Waals surface area contributed by atoms with Gasteiger partial charge in [0.25, 0.3) is 0 Å². The number of nitrogens with one attached hydrogen (secondary N) is 2. The number of benzene rings is 2. The van der Waals surface area contributed by atoms with Crippen molar-refractivity contribution in [2.24, 2.45) is 0 Å². The van der Waals surface area contributed by atoms with Crippen LogP contribution < -0.4 is 15.4 Å². The SMILES string of the molecule is CCn1c(SCC(=O)NC(=O)NCc2ccccc2)nnc1-c1ccccc1OC. The van der Waals surface area contributed by atoms with Gasteiger partial charge in [0.1, 0.15) is 5.75 Å². The Morgan fingerprint density at radius 1 is 1.07 bits per heavy atom. The quantitative estimate of drug-likeness (QED) is 0.538. The molecule has 30 heavy (non-hydrogen) atoms. The monoisotopic (exact) mass is 425 g/mol. The van der Waals surface area contributed by atoms with Gasteiger partial charge in [0.2, 0.25) is 5.91 Å². The van der Waals surface area contributed by atoms with Crippen molar-refractivity contribution >= 4 is 23.7 Å². The molecule has 8 nitrogen and oxygen atoms in total. The van der Waals surface area contributed by atoms with E-state index in [1.54, 1.807) is 7.11 Å². The van der Waals surface area contributed by atoms with E-state index in [4.69, 9.17) is 4.74 Å². The molecule has 3 amide bonds. The number of methoxy groups -OCH3 is 1. The lowest BCUT2D eigenvalue weighted by Crippen LogP contribution is -2.40. The van der Waals surface area contributed by atoms with Gasteiger partial charge in [0.15, 0.2) is 11.0 Å². The van der Waals surface area contributed by atoms with E-state index in [0.29, 0.717) is 29.8 Å². The van der Waals surface area contributed by atoms with Crippen molar-refractivity contribution in [3.05, 3.63) is 60.2 Å². The summed E-state index contributed by atoms with van der Waals surface area (Å²) in [7, 11) is 1.61. The van der Waals surface area contributed by atoms with E-state index in [9.17, 15) is 9.59 Å². The molecular weight excluding hydrogens is 402 g/mol. The van der Waals surface area contributed by atoms with Crippen LogP contribution >= 0.6 is 11.8 Å². The highest BCUT2D eigenvalue weighted by Gasteiger charge is 2.17. The lowest BCUT2D eigenvalue weighted by atomic mass is 10.2. The summed E-state index contributed by atoms with van der Waals surface area (Å²) in [5, 5.41) is 14.1. The van der Waals surface area contributed by atoms with Gasteiger partial charge in [-0.15, -0.1) is 10.2 Å². The number of thioether (sulfide) groups is 1. The summed E-state index contributed by atoms with van der Waals surface area (Å²) in [6, 6.07) is 16.5. The van der Waals surface area contributed by atoms with Gasteiger partial charge in [0, 0.05) is 13.1 Å². The summed E-state index contributed by atoms with van der Waals surface area (Å²) in [6.45, 7) is 2.95. The highest BCUT2D eigenvalue weighted by Crippen LogP contribution is 2.30. The number of rotatable bonds is 8. The zero-order valence-electron chi connectivity index (χ0n) is 16.8. The van der Waals surface area contributed by atoms with Crippen molar-refractivity contribution in [1.29, 1.82) is 0 Å². The number of ether oxygens (including phenoxy) is 1. The van der Waals surface area contributed by atoms with Crippen LogP contribution in [-0.2, 0) is 17.9 Å². The lowest BCUT2D eigenvalue weighted by Gasteiger charge is -2.10. The first-order valence-corrected chi connectivity index (χ1v) is 10.4. The molecule has 0 fully saturated rings. The van der Waals surface area contributed by atoms with E-state index < -0.39 is 11.9 Å². The second-order valence-corrected chi connectivity index (χ2v) is 7.20. The molecule has 1 aromatic heterocycles. The zero-order chi connectivity index (χ0) is 21.3. The molecule has 3 aromatic rings. The third-order valence-corrected chi connectivity index (χ3v) is 5.23. The highest BCUT2D eigenvalue weighted by atomic mass is 32.2. The van der Waals surface area contributed by atoms with Crippen LogP contribution in [0.1, 0.15) is 12.5 Å². The van der Waals surface area contributed by atoms with Crippen molar-refractivity contribution in [3.8, 4) is 17.1 Å². The van der Waals surface area contributed by atoms with Crippen LogP contribution in [0.3, 0.4) is 0 Å². The fourth-order valence-corrected chi connectivity index (χ4v) is 3.63. The van der Waals surface area contributed by atoms with Crippen LogP contribution in [0, 0.1) is 0 Å². The highest BCUT2D eigenvalue weighted by molar-refractivity contribution is 7.99. The first-order chi connectivity index (χ1) is 14.6. The number of carbonyl (C=O) groups is 2. The Morgan fingerprint density at radius 2 is 1.80 bits per heavy atom. The van der Waals surface area contributed by atoms with Crippen LogP contribution in [0.25, 0.3) is 11.4 Å². The van der Waals surface area contributed by atoms with E-state index in [0.717, 1.165) is 11.1 Å². The van der Waals surface area contributed by atoms with Crippen LogP contribution in [0.5, 0.6) is 5.75 Å². The van der Waals surface area contributed by atoms with Gasteiger partial charge in [-0.2, -0.15) is 0 Å². The fourth-order valence-electron chi connectivity index (χ4n) is 2.82. The van der Waals surface area contributed by atoms with E-state index in [-0.39, 0.29) is 5.75 Å². The van der Waals surface area contributed by atoms with Crippen LogP contribution in [0.4, 0.5) is 4.79 Å². The molecule has 2 aromatic carbocycles. The molecule has 0 aliphatic carbocycles. The van der Waals surface area contributed by atoms with Crippen molar-refractivity contribution in [2.45, 2.75) is 25.2 Å². The number of urea groups is 1. The summed E-state index contributed by atoms with van der Waals surface area (Å²) in [5.41, 5.74) is 1.78. The third-order valence-electron chi connectivity index (χ3n) is 4.26. The molecule has 0 saturated heterocycles. The number of hydrogen-bond donors (Lipinski definition) is 2. The Hall–Kier alpha value is -3.33. The van der Waals surface area contributed by atoms with Crippen LogP contribution in [-0.4, -0.2) is 39.6 Å². The Kier molecular flexibility index (Phi) is 7.45. The minimum Gasteiger partial charge on any atom is -0.496 e. The van der Waals surface area contributed by atoms with Gasteiger partial charge >= 0.3 is 6.03 Å². The predicted octanol–water partition coefficient (Wildman–Crippen LogP) is 3.09. The number of hydrogen-bond acceptors (Lipinski definition) is 6. The number of aromatic nitrogens is 3. The maximum absolute atomic E-state index is 12.1. The average Bonchev–Trinajstić information content (AvgIpc) is 3.19. The van der Waals surface area contributed by atoms with Gasteiger partial charge in [-0.3, -0.25) is 10.1 Å². The molecule has 3 rings (SSSR count). The number of para-hydroxylation sites is 1. The van der Waals surface area contributed by atoms with Crippen molar-refractivity contribution in [3.63, 3.8) is 0 Å². The molecule has 0 bridgehead atoms. The van der Waals surface area contributed by atoms with Crippen LogP contribution in [0.15, 0.2) is 59.8 Å². The van der Waals surface area contributed by atoms with E-state index in [1.165, 1.54) is 11.8 Å². The van der Waals surface area contributed by atoms with Crippen molar-refractivity contribution in [1.82, 2.24) is 25.4 Å². The Labute approximate surface area is 179 Å². The molecular formula is C21H23N5O3S. The summed E-state index contributed by atoms with van der Waals surface area (Å²) in [4.78, 5) is 24.1. The molecule has 0 aliphatic heterocycles.